The van der Waals surface area contributed by atoms with Crippen LogP contribution in [0.5, 0.6) is 0 Å². The van der Waals surface area contributed by atoms with Crippen LogP contribution in [-0.4, -0.2) is 18.9 Å². The van der Waals surface area contributed by atoms with Gasteiger partial charge in [0.25, 0.3) is 5.91 Å². The van der Waals surface area contributed by atoms with E-state index in [1.807, 2.05) is 6.07 Å². The van der Waals surface area contributed by atoms with Gasteiger partial charge in [-0.05, 0) is 29.8 Å². The Balaban J connectivity index is 2.20. The summed E-state index contributed by atoms with van der Waals surface area (Å²) >= 11 is 0. The molecular formula is C19H17F2N3O3. The maximum Gasteiger partial charge on any atom is 0.254 e. The molecule has 0 bridgehead atoms. The predicted molar refractivity (Wildman–Crippen MR) is 93.4 cm³/mol. The average molecular weight is 373 g/mol. The number of halogens is 2. The highest BCUT2D eigenvalue weighted by Gasteiger charge is 2.28. The number of nitrogens with zero attached hydrogens (tertiary/aromatic N) is 1. The monoisotopic (exact) mass is 373 g/mol. The number of ether oxygens (including phenoxy) is 1. The molecule has 0 spiro atoms. The van der Waals surface area contributed by atoms with Crippen LogP contribution in [0.3, 0.4) is 0 Å². The Bertz CT molecular complexity index is 892. The largest absolute Gasteiger partial charge is 0.367 e. The first-order valence-corrected chi connectivity index (χ1v) is 7.92. The van der Waals surface area contributed by atoms with E-state index in [2.05, 4.69) is 10.6 Å². The highest BCUT2D eigenvalue weighted by molar-refractivity contribution is 5.89. The van der Waals surface area contributed by atoms with Crippen LogP contribution >= 0.6 is 0 Å². The van der Waals surface area contributed by atoms with Crippen LogP contribution in [0.2, 0.25) is 0 Å². The lowest BCUT2D eigenvalue weighted by molar-refractivity contribution is -0.131. The number of amides is 2. The van der Waals surface area contributed by atoms with E-state index in [0.717, 1.165) is 19.2 Å². The molecule has 0 aliphatic rings. The highest BCUT2D eigenvalue weighted by atomic mass is 19.1. The Morgan fingerprint density at radius 3 is 2.41 bits per heavy atom. The molecule has 0 aliphatic carbocycles. The lowest BCUT2D eigenvalue weighted by Gasteiger charge is -2.18. The first-order valence-electron chi connectivity index (χ1n) is 7.92. The SMILES string of the molecule is CO[C@H](C(=O)NCc1ccc(C#N)cc1)c1c(F)ccc(NC(C)=O)c1F. The molecule has 0 saturated carbocycles. The second-order valence-corrected chi connectivity index (χ2v) is 5.65. The average Bonchev–Trinajstić information content (AvgIpc) is 2.65. The number of carbonyl (C=O) groups is 2. The van der Waals surface area contributed by atoms with Gasteiger partial charge in [0.05, 0.1) is 22.9 Å². The number of carbonyl (C=O) groups excluding carboxylic acids is 2. The van der Waals surface area contributed by atoms with Gasteiger partial charge in [-0.2, -0.15) is 5.26 Å². The fourth-order valence-corrected chi connectivity index (χ4v) is 2.43. The Hall–Kier alpha value is -3.31. The summed E-state index contributed by atoms with van der Waals surface area (Å²) in [4.78, 5) is 23.5. The van der Waals surface area contributed by atoms with Crippen molar-refractivity contribution in [3.63, 3.8) is 0 Å². The second kappa shape index (κ2) is 8.87. The molecule has 2 rings (SSSR count). The number of rotatable bonds is 6. The normalized spacial score (nSPS) is 11.4. The van der Waals surface area contributed by atoms with E-state index >= 15 is 0 Å². The molecule has 2 amide bonds. The molecule has 0 aromatic heterocycles. The van der Waals surface area contributed by atoms with Crippen molar-refractivity contribution in [1.82, 2.24) is 5.32 Å². The van der Waals surface area contributed by atoms with Crippen molar-refractivity contribution >= 4 is 17.5 Å². The third-order valence-corrected chi connectivity index (χ3v) is 3.72. The van der Waals surface area contributed by atoms with Crippen LogP contribution in [0.25, 0.3) is 0 Å². The highest BCUT2D eigenvalue weighted by Crippen LogP contribution is 2.28. The first kappa shape index (κ1) is 20.0. The third-order valence-electron chi connectivity index (χ3n) is 3.72. The summed E-state index contributed by atoms with van der Waals surface area (Å²) in [6.07, 6.45) is -1.54. The van der Waals surface area contributed by atoms with Gasteiger partial charge in [0.2, 0.25) is 5.91 Å². The van der Waals surface area contributed by atoms with Crippen LogP contribution < -0.4 is 10.6 Å². The van der Waals surface area contributed by atoms with E-state index < -0.39 is 35.1 Å². The summed E-state index contributed by atoms with van der Waals surface area (Å²) in [5.74, 6) is -3.34. The summed E-state index contributed by atoms with van der Waals surface area (Å²) in [5.41, 5.74) is 0.325. The van der Waals surface area contributed by atoms with Crippen LogP contribution in [0, 0.1) is 23.0 Å². The number of anilines is 1. The van der Waals surface area contributed by atoms with Crippen molar-refractivity contribution < 1.29 is 23.1 Å². The molecule has 2 N–H and O–H groups in total. The van der Waals surface area contributed by atoms with Gasteiger partial charge in [-0.15, -0.1) is 0 Å². The molecule has 8 heteroatoms. The molecule has 0 unspecified atom stereocenters. The lowest BCUT2D eigenvalue weighted by Crippen LogP contribution is -2.31. The summed E-state index contributed by atoms with van der Waals surface area (Å²) in [5, 5.41) is 13.5. The zero-order valence-electron chi connectivity index (χ0n) is 14.7. The van der Waals surface area contributed by atoms with Crippen LogP contribution in [0.15, 0.2) is 36.4 Å². The van der Waals surface area contributed by atoms with Crippen molar-refractivity contribution in [3.8, 4) is 6.07 Å². The minimum absolute atomic E-state index is 0.0824. The van der Waals surface area contributed by atoms with Gasteiger partial charge in [-0.3, -0.25) is 9.59 Å². The maximum atomic E-state index is 14.6. The third kappa shape index (κ3) is 4.86. The molecule has 6 nitrogen and oxygen atoms in total. The molecule has 2 aromatic rings. The predicted octanol–water partition coefficient (Wildman–Crippen LogP) is 2.80. The Morgan fingerprint density at radius 2 is 1.85 bits per heavy atom. The molecule has 2 aromatic carbocycles. The smallest absolute Gasteiger partial charge is 0.254 e. The van der Waals surface area contributed by atoms with Gasteiger partial charge < -0.3 is 15.4 Å². The molecule has 27 heavy (non-hydrogen) atoms. The fourth-order valence-electron chi connectivity index (χ4n) is 2.43. The van der Waals surface area contributed by atoms with Crippen LogP contribution in [-0.2, 0) is 20.9 Å². The van der Waals surface area contributed by atoms with Gasteiger partial charge in [0.15, 0.2) is 11.9 Å². The van der Waals surface area contributed by atoms with Crippen molar-refractivity contribution in [2.24, 2.45) is 0 Å². The van der Waals surface area contributed by atoms with Gasteiger partial charge in [-0.25, -0.2) is 8.78 Å². The molecule has 0 fully saturated rings. The van der Waals surface area contributed by atoms with E-state index in [4.69, 9.17) is 10.00 Å². The fraction of sp³-hybridized carbons (Fsp3) is 0.211. The van der Waals surface area contributed by atoms with Gasteiger partial charge in [0, 0.05) is 20.6 Å². The zero-order chi connectivity index (χ0) is 20.0. The first-order chi connectivity index (χ1) is 12.9. The minimum Gasteiger partial charge on any atom is -0.367 e. The van der Waals surface area contributed by atoms with E-state index in [0.29, 0.717) is 11.1 Å². The van der Waals surface area contributed by atoms with Gasteiger partial charge >= 0.3 is 0 Å². The molecular weight excluding hydrogens is 356 g/mol. The van der Waals surface area contributed by atoms with Gasteiger partial charge in [-0.1, -0.05) is 12.1 Å². The number of nitrogens with one attached hydrogen (secondary N) is 2. The summed E-state index contributed by atoms with van der Waals surface area (Å²) in [6, 6.07) is 10.5. The number of methoxy groups -OCH3 is 1. The van der Waals surface area contributed by atoms with Crippen molar-refractivity contribution in [2.45, 2.75) is 19.6 Å². The molecule has 0 radical (unpaired) electrons. The Morgan fingerprint density at radius 1 is 1.19 bits per heavy atom. The Labute approximate surface area is 154 Å². The van der Waals surface area contributed by atoms with Crippen molar-refractivity contribution in [3.05, 3.63) is 64.7 Å². The number of hydrogen-bond acceptors (Lipinski definition) is 4. The lowest BCUT2D eigenvalue weighted by atomic mass is 10.1. The van der Waals surface area contributed by atoms with Crippen molar-refractivity contribution in [2.75, 3.05) is 12.4 Å². The maximum absolute atomic E-state index is 14.6. The molecule has 1 atom stereocenters. The van der Waals surface area contributed by atoms with E-state index in [9.17, 15) is 18.4 Å². The standard InChI is InChI=1S/C19H17F2N3O3/c1-11(25)24-15-8-7-14(20)16(17(15)21)18(27-2)19(26)23-10-13-5-3-12(9-22)4-6-13/h3-8,18H,10H2,1-2H3,(H,23,26)(H,24,25)/t18-/m0/s1. The van der Waals surface area contributed by atoms with E-state index in [1.54, 1.807) is 24.3 Å². The zero-order valence-corrected chi connectivity index (χ0v) is 14.7. The number of benzene rings is 2. The van der Waals surface area contributed by atoms with Crippen LogP contribution in [0.1, 0.15) is 29.7 Å². The quantitative estimate of drug-likeness (QED) is 0.815. The number of nitriles is 1. The summed E-state index contributed by atoms with van der Waals surface area (Å²) in [6.45, 7) is 1.26. The second-order valence-electron chi connectivity index (χ2n) is 5.65. The minimum atomic E-state index is -1.54. The van der Waals surface area contributed by atoms with Gasteiger partial charge in [0.1, 0.15) is 5.82 Å². The van der Waals surface area contributed by atoms with Crippen molar-refractivity contribution in [1.29, 1.82) is 5.26 Å². The topological polar surface area (TPSA) is 91.2 Å². The molecule has 0 heterocycles. The summed E-state index contributed by atoms with van der Waals surface area (Å²) < 4.78 is 33.8. The summed E-state index contributed by atoms with van der Waals surface area (Å²) in [7, 11) is 1.15. The molecule has 140 valence electrons. The number of hydrogen-bond donors (Lipinski definition) is 2. The van der Waals surface area contributed by atoms with Crippen LogP contribution in [0.4, 0.5) is 14.5 Å². The Kier molecular flexibility index (Phi) is 6.57. The van der Waals surface area contributed by atoms with E-state index in [1.165, 1.54) is 6.92 Å². The molecule has 0 aliphatic heterocycles. The molecule has 0 saturated heterocycles. The van der Waals surface area contributed by atoms with E-state index in [-0.39, 0.29) is 12.2 Å².